The van der Waals surface area contributed by atoms with Gasteiger partial charge in [0.1, 0.15) is 5.82 Å². The number of halogens is 2. The minimum absolute atomic E-state index is 0.484. The van der Waals surface area contributed by atoms with Crippen molar-refractivity contribution in [3.8, 4) is 5.82 Å². The van der Waals surface area contributed by atoms with E-state index in [-0.39, 0.29) is 0 Å². The molecule has 0 saturated carbocycles. The summed E-state index contributed by atoms with van der Waals surface area (Å²) in [4.78, 5) is 4.44. The van der Waals surface area contributed by atoms with Crippen LogP contribution in [0.25, 0.3) is 5.82 Å². The van der Waals surface area contributed by atoms with Crippen molar-refractivity contribution in [2.45, 2.75) is 27.2 Å². The average Bonchev–Trinajstić information content (AvgIpc) is 2.64. The Morgan fingerprint density at radius 1 is 1.26 bits per heavy atom. The van der Waals surface area contributed by atoms with Crippen molar-refractivity contribution in [2.75, 3.05) is 12.4 Å². The van der Waals surface area contributed by atoms with E-state index >= 15 is 0 Å². The van der Waals surface area contributed by atoms with Crippen molar-refractivity contribution in [1.29, 1.82) is 0 Å². The molecule has 102 valence electrons. The van der Waals surface area contributed by atoms with Crippen molar-refractivity contribution in [1.82, 2.24) is 14.8 Å². The van der Waals surface area contributed by atoms with Gasteiger partial charge in [0.25, 0.3) is 0 Å². The van der Waals surface area contributed by atoms with Crippen LogP contribution in [0.2, 0.25) is 10.0 Å². The van der Waals surface area contributed by atoms with Crippen molar-refractivity contribution in [3.63, 3.8) is 0 Å². The van der Waals surface area contributed by atoms with Crippen molar-refractivity contribution in [2.24, 2.45) is 0 Å². The second kappa shape index (κ2) is 5.39. The number of nitrogens with zero attached hydrogens (tertiary/aromatic N) is 3. The molecule has 0 amide bonds. The normalized spacial score (nSPS) is 10.8. The molecule has 0 aliphatic carbocycles. The molecule has 4 nitrogen and oxygen atoms in total. The molecule has 2 rings (SSSR count). The topological polar surface area (TPSA) is 42.7 Å². The first-order valence-electron chi connectivity index (χ1n) is 6.08. The minimum atomic E-state index is 0.484. The molecule has 0 saturated heterocycles. The van der Waals surface area contributed by atoms with Crippen LogP contribution in [-0.2, 0) is 6.42 Å². The molecule has 1 N–H and O–H groups in total. The highest BCUT2D eigenvalue weighted by atomic mass is 35.5. The lowest BCUT2D eigenvalue weighted by Crippen LogP contribution is -2.06. The zero-order valence-electron chi connectivity index (χ0n) is 11.4. The fourth-order valence-corrected chi connectivity index (χ4v) is 2.71. The molecule has 0 aliphatic heterocycles. The number of aromatic nitrogens is 3. The lowest BCUT2D eigenvalue weighted by Gasteiger charge is -2.10. The Morgan fingerprint density at radius 3 is 2.47 bits per heavy atom. The van der Waals surface area contributed by atoms with Gasteiger partial charge in [0.05, 0.1) is 15.7 Å². The van der Waals surface area contributed by atoms with Gasteiger partial charge in [-0.25, -0.2) is 9.67 Å². The predicted octanol–water partition coefficient (Wildman–Crippen LogP) is 3.80. The quantitative estimate of drug-likeness (QED) is 0.937. The molecular weight excluding hydrogens is 283 g/mol. The van der Waals surface area contributed by atoms with E-state index in [0.29, 0.717) is 21.7 Å². The molecule has 0 spiro atoms. The molecule has 0 bridgehead atoms. The number of rotatable bonds is 3. The first-order valence-corrected chi connectivity index (χ1v) is 6.84. The van der Waals surface area contributed by atoms with E-state index in [4.69, 9.17) is 23.2 Å². The Balaban J connectivity index is 2.65. The van der Waals surface area contributed by atoms with Crippen molar-refractivity contribution in [3.05, 3.63) is 33.1 Å². The van der Waals surface area contributed by atoms with Crippen LogP contribution in [0.4, 0.5) is 5.82 Å². The van der Waals surface area contributed by atoms with Crippen LogP contribution in [0, 0.1) is 13.8 Å². The van der Waals surface area contributed by atoms with Gasteiger partial charge in [0.15, 0.2) is 5.82 Å². The highest BCUT2D eigenvalue weighted by Gasteiger charge is 2.16. The molecule has 0 unspecified atom stereocenters. The fraction of sp³-hybridized carbons (Fsp3) is 0.385. The average molecular weight is 299 g/mol. The summed E-state index contributed by atoms with van der Waals surface area (Å²) in [6.45, 7) is 6.12. The second-order valence-electron chi connectivity index (χ2n) is 4.29. The molecule has 0 fully saturated rings. The number of pyridine rings is 1. The third kappa shape index (κ3) is 2.42. The molecule has 0 atom stereocenters. The lowest BCUT2D eigenvalue weighted by atomic mass is 10.1. The minimum Gasteiger partial charge on any atom is -0.372 e. The predicted molar refractivity (Wildman–Crippen MR) is 79.8 cm³/mol. The van der Waals surface area contributed by atoms with Gasteiger partial charge < -0.3 is 5.32 Å². The summed E-state index contributed by atoms with van der Waals surface area (Å²) in [5.74, 6) is 1.18. The van der Waals surface area contributed by atoms with Crippen LogP contribution in [0.3, 0.4) is 0 Å². The Labute approximate surface area is 122 Å². The van der Waals surface area contributed by atoms with Gasteiger partial charge in [-0.15, -0.1) is 0 Å². The van der Waals surface area contributed by atoms with Gasteiger partial charge in [-0.2, -0.15) is 5.10 Å². The van der Waals surface area contributed by atoms with Crippen LogP contribution in [0.5, 0.6) is 0 Å². The Bertz CT molecular complexity index is 620. The lowest BCUT2D eigenvalue weighted by molar-refractivity contribution is 0.806. The van der Waals surface area contributed by atoms with Crippen LogP contribution < -0.4 is 5.32 Å². The van der Waals surface area contributed by atoms with Crippen molar-refractivity contribution < 1.29 is 0 Å². The molecule has 0 aliphatic rings. The van der Waals surface area contributed by atoms with Crippen LogP contribution in [0.15, 0.2) is 6.07 Å². The van der Waals surface area contributed by atoms with E-state index in [1.807, 2.05) is 13.8 Å². The zero-order chi connectivity index (χ0) is 14.2. The van der Waals surface area contributed by atoms with Gasteiger partial charge in [-0.05, 0) is 31.9 Å². The Hall–Kier alpha value is -1.26. The summed E-state index contributed by atoms with van der Waals surface area (Å²) < 4.78 is 1.77. The highest BCUT2D eigenvalue weighted by Crippen LogP contribution is 2.29. The first-order chi connectivity index (χ1) is 8.99. The number of nitrogens with one attached hydrogen (secondary N) is 1. The first kappa shape index (κ1) is 14.2. The van der Waals surface area contributed by atoms with E-state index in [1.165, 1.54) is 5.56 Å². The van der Waals surface area contributed by atoms with Gasteiger partial charge >= 0.3 is 0 Å². The summed E-state index contributed by atoms with van der Waals surface area (Å²) in [5.41, 5.74) is 3.27. The molecule has 19 heavy (non-hydrogen) atoms. The zero-order valence-corrected chi connectivity index (χ0v) is 12.9. The van der Waals surface area contributed by atoms with Gasteiger partial charge in [0, 0.05) is 12.7 Å². The standard InChI is InChI=1S/C13H16Cl2N4/c1-5-9-7(2)18-19(8(9)3)13-11(15)6-10(14)12(16-4)17-13/h6H,5H2,1-4H3,(H,16,17). The maximum absolute atomic E-state index is 6.23. The third-order valence-corrected chi connectivity index (χ3v) is 3.71. The highest BCUT2D eigenvalue weighted by molar-refractivity contribution is 6.36. The van der Waals surface area contributed by atoms with Gasteiger partial charge in [0.2, 0.25) is 0 Å². The van der Waals surface area contributed by atoms with E-state index in [9.17, 15) is 0 Å². The fourth-order valence-electron chi connectivity index (χ4n) is 2.17. The molecule has 6 heteroatoms. The summed E-state index contributed by atoms with van der Waals surface area (Å²) in [5, 5.41) is 8.44. The molecular formula is C13H16Cl2N4. The van der Waals surface area contributed by atoms with Gasteiger partial charge in [-0.3, -0.25) is 0 Å². The molecule has 2 heterocycles. The smallest absolute Gasteiger partial charge is 0.174 e. The Morgan fingerprint density at radius 2 is 1.95 bits per heavy atom. The van der Waals surface area contributed by atoms with Crippen LogP contribution >= 0.6 is 23.2 Å². The second-order valence-corrected chi connectivity index (χ2v) is 5.10. The summed E-state index contributed by atoms with van der Waals surface area (Å²) in [7, 11) is 1.77. The van der Waals surface area contributed by atoms with E-state index in [2.05, 4.69) is 22.3 Å². The van der Waals surface area contributed by atoms with E-state index < -0.39 is 0 Å². The summed E-state index contributed by atoms with van der Waals surface area (Å²) >= 11 is 12.3. The van der Waals surface area contributed by atoms with E-state index in [0.717, 1.165) is 17.8 Å². The number of anilines is 1. The SMILES string of the molecule is CCc1c(C)nn(-c2nc(NC)c(Cl)cc2Cl)c1C. The Kier molecular flexibility index (Phi) is 4.02. The van der Waals surface area contributed by atoms with Crippen molar-refractivity contribution >= 4 is 29.0 Å². The van der Waals surface area contributed by atoms with Crippen LogP contribution in [0.1, 0.15) is 23.9 Å². The monoisotopic (exact) mass is 298 g/mol. The molecule has 0 radical (unpaired) electrons. The molecule has 2 aromatic rings. The largest absolute Gasteiger partial charge is 0.372 e. The number of hydrogen-bond acceptors (Lipinski definition) is 3. The number of hydrogen-bond donors (Lipinski definition) is 1. The maximum atomic E-state index is 6.23. The maximum Gasteiger partial charge on any atom is 0.174 e. The summed E-state index contributed by atoms with van der Waals surface area (Å²) in [6, 6.07) is 1.68. The van der Waals surface area contributed by atoms with E-state index in [1.54, 1.807) is 17.8 Å². The number of aryl methyl sites for hydroxylation is 1. The van der Waals surface area contributed by atoms with Crippen LogP contribution in [-0.4, -0.2) is 21.8 Å². The molecule has 2 aromatic heterocycles. The third-order valence-electron chi connectivity index (χ3n) is 3.14. The summed E-state index contributed by atoms with van der Waals surface area (Å²) in [6.07, 6.45) is 0.932. The van der Waals surface area contributed by atoms with Gasteiger partial charge in [-0.1, -0.05) is 30.1 Å². The molecule has 0 aromatic carbocycles.